The highest BCUT2D eigenvalue weighted by atomic mass is 19.1. The molecule has 178 valence electrons. The molecule has 4 rings (SSSR count). The summed E-state index contributed by atoms with van der Waals surface area (Å²) in [5.74, 6) is 1.21. The standard InChI is InChI=1S/C28H35FO4/c1-4-31-23-10-5-20(6-11-23)22-9-16-27(32-17-22)26-15-14-25(18(2)28(26)29)21-7-12-24(13-8-21)33-19(3)30/h7-8,12-15,20,22-23,27H,4-6,9-11,16-17H2,1-3H3. The third-order valence-corrected chi connectivity index (χ3v) is 7.29. The molecule has 1 saturated heterocycles. The lowest BCUT2D eigenvalue weighted by atomic mass is 9.76. The van der Waals surface area contributed by atoms with Crippen LogP contribution in [0.5, 0.6) is 5.75 Å². The van der Waals surface area contributed by atoms with Gasteiger partial charge in [0.2, 0.25) is 0 Å². The Morgan fingerprint density at radius 2 is 1.70 bits per heavy atom. The van der Waals surface area contributed by atoms with Crippen molar-refractivity contribution in [1.29, 1.82) is 0 Å². The van der Waals surface area contributed by atoms with E-state index in [1.165, 1.54) is 19.8 Å². The van der Waals surface area contributed by atoms with Crippen molar-refractivity contribution in [3.05, 3.63) is 53.3 Å². The molecule has 2 aliphatic rings. The Kier molecular flexibility index (Phi) is 7.82. The van der Waals surface area contributed by atoms with Crippen LogP contribution in [0.3, 0.4) is 0 Å². The van der Waals surface area contributed by atoms with E-state index in [0.717, 1.165) is 43.4 Å². The van der Waals surface area contributed by atoms with Gasteiger partial charge in [-0.25, -0.2) is 4.39 Å². The van der Waals surface area contributed by atoms with Crippen molar-refractivity contribution >= 4 is 5.97 Å². The number of hydrogen-bond donors (Lipinski definition) is 0. The summed E-state index contributed by atoms with van der Waals surface area (Å²) in [6.07, 6.45) is 6.92. The van der Waals surface area contributed by atoms with Gasteiger partial charge in [0.15, 0.2) is 0 Å². The van der Waals surface area contributed by atoms with Gasteiger partial charge in [-0.3, -0.25) is 4.79 Å². The highest BCUT2D eigenvalue weighted by Gasteiger charge is 2.33. The van der Waals surface area contributed by atoms with Crippen LogP contribution in [0.2, 0.25) is 0 Å². The lowest BCUT2D eigenvalue weighted by Crippen LogP contribution is -2.31. The van der Waals surface area contributed by atoms with Crippen LogP contribution in [0.4, 0.5) is 4.39 Å². The molecular formula is C28H35FO4. The third kappa shape index (κ3) is 5.64. The van der Waals surface area contributed by atoms with Gasteiger partial charge in [0.1, 0.15) is 11.6 Å². The summed E-state index contributed by atoms with van der Waals surface area (Å²) in [4.78, 5) is 11.1. The zero-order chi connectivity index (χ0) is 23.4. The van der Waals surface area contributed by atoms with E-state index in [-0.39, 0.29) is 17.9 Å². The fourth-order valence-electron chi connectivity index (χ4n) is 5.49. The zero-order valence-corrected chi connectivity index (χ0v) is 19.9. The van der Waals surface area contributed by atoms with E-state index >= 15 is 4.39 Å². The molecule has 2 fully saturated rings. The first-order valence-electron chi connectivity index (χ1n) is 12.3. The number of ether oxygens (including phenoxy) is 3. The number of carbonyl (C=O) groups excluding carboxylic acids is 1. The van der Waals surface area contributed by atoms with Gasteiger partial charge < -0.3 is 14.2 Å². The van der Waals surface area contributed by atoms with Gasteiger partial charge >= 0.3 is 5.97 Å². The van der Waals surface area contributed by atoms with E-state index in [1.54, 1.807) is 12.1 Å². The van der Waals surface area contributed by atoms with Crippen LogP contribution in [0.25, 0.3) is 11.1 Å². The first kappa shape index (κ1) is 23.9. The molecule has 0 N–H and O–H groups in total. The summed E-state index contributed by atoms with van der Waals surface area (Å²) in [7, 11) is 0. The molecule has 2 unspecified atom stereocenters. The van der Waals surface area contributed by atoms with Gasteiger partial charge in [-0.1, -0.05) is 24.3 Å². The quantitative estimate of drug-likeness (QED) is 0.356. The fraction of sp³-hybridized carbons (Fsp3) is 0.536. The first-order valence-corrected chi connectivity index (χ1v) is 12.3. The predicted molar refractivity (Wildman–Crippen MR) is 127 cm³/mol. The van der Waals surface area contributed by atoms with Crippen LogP contribution in [-0.4, -0.2) is 25.3 Å². The van der Waals surface area contributed by atoms with Crippen molar-refractivity contribution in [2.45, 2.75) is 71.5 Å². The highest BCUT2D eigenvalue weighted by molar-refractivity contribution is 5.71. The van der Waals surface area contributed by atoms with Gasteiger partial charge in [0.05, 0.1) is 18.8 Å². The molecule has 5 heteroatoms. The zero-order valence-electron chi connectivity index (χ0n) is 19.9. The Bertz CT molecular complexity index is 939. The molecule has 0 bridgehead atoms. The van der Waals surface area contributed by atoms with Crippen molar-refractivity contribution in [2.24, 2.45) is 11.8 Å². The minimum atomic E-state index is -0.359. The monoisotopic (exact) mass is 454 g/mol. The third-order valence-electron chi connectivity index (χ3n) is 7.29. The second kappa shape index (κ2) is 10.8. The van der Waals surface area contributed by atoms with Crippen molar-refractivity contribution in [2.75, 3.05) is 13.2 Å². The highest BCUT2D eigenvalue weighted by Crippen LogP contribution is 2.41. The molecule has 0 spiro atoms. The van der Waals surface area contributed by atoms with Crippen LogP contribution in [-0.2, 0) is 14.3 Å². The maximum Gasteiger partial charge on any atom is 0.308 e. The minimum absolute atomic E-state index is 0.180. The van der Waals surface area contributed by atoms with E-state index in [4.69, 9.17) is 14.2 Å². The number of carbonyl (C=O) groups is 1. The number of halogens is 1. The first-order chi connectivity index (χ1) is 16.0. The molecule has 0 amide bonds. The summed E-state index contributed by atoms with van der Waals surface area (Å²) >= 11 is 0. The maximum absolute atomic E-state index is 15.4. The molecule has 0 radical (unpaired) electrons. The van der Waals surface area contributed by atoms with Crippen LogP contribution >= 0.6 is 0 Å². The van der Waals surface area contributed by atoms with Crippen LogP contribution in [0.1, 0.15) is 69.6 Å². The topological polar surface area (TPSA) is 44.8 Å². The fourth-order valence-corrected chi connectivity index (χ4v) is 5.49. The van der Waals surface area contributed by atoms with E-state index < -0.39 is 0 Å². The predicted octanol–water partition coefficient (Wildman–Crippen LogP) is 6.79. The lowest BCUT2D eigenvalue weighted by Gasteiger charge is -2.38. The van der Waals surface area contributed by atoms with Gasteiger partial charge in [0.25, 0.3) is 0 Å². The molecule has 1 saturated carbocycles. The molecule has 2 aromatic rings. The average molecular weight is 455 g/mol. The number of rotatable bonds is 6. The van der Waals surface area contributed by atoms with E-state index in [2.05, 4.69) is 6.92 Å². The van der Waals surface area contributed by atoms with Crippen molar-refractivity contribution < 1.29 is 23.4 Å². The van der Waals surface area contributed by atoms with Crippen LogP contribution < -0.4 is 4.74 Å². The Hall–Kier alpha value is -2.24. The second-order valence-corrected chi connectivity index (χ2v) is 9.41. The smallest absolute Gasteiger partial charge is 0.308 e. The Morgan fingerprint density at radius 1 is 1.00 bits per heavy atom. The lowest BCUT2D eigenvalue weighted by molar-refractivity contribution is -0.131. The molecule has 2 aromatic carbocycles. The molecule has 0 aromatic heterocycles. The second-order valence-electron chi connectivity index (χ2n) is 9.41. The van der Waals surface area contributed by atoms with Gasteiger partial charge in [-0.15, -0.1) is 0 Å². The van der Waals surface area contributed by atoms with E-state index in [9.17, 15) is 4.79 Å². The maximum atomic E-state index is 15.4. The van der Waals surface area contributed by atoms with Crippen LogP contribution in [0.15, 0.2) is 36.4 Å². The SMILES string of the molecule is CCOC1CCC(C2CCC(c3ccc(-c4ccc(OC(C)=O)cc4)c(C)c3F)OC2)CC1. The molecule has 2 atom stereocenters. The van der Waals surface area contributed by atoms with Crippen LogP contribution in [0, 0.1) is 24.6 Å². The molecule has 1 heterocycles. The summed E-state index contributed by atoms with van der Waals surface area (Å²) in [5, 5.41) is 0. The molecule has 1 aliphatic heterocycles. The molecule has 4 nitrogen and oxygen atoms in total. The van der Waals surface area contributed by atoms with Gasteiger partial charge in [-0.2, -0.15) is 0 Å². The summed E-state index contributed by atoms with van der Waals surface area (Å²) in [5.41, 5.74) is 3.01. The summed E-state index contributed by atoms with van der Waals surface area (Å²) in [6, 6.07) is 11.0. The van der Waals surface area contributed by atoms with Crippen molar-refractivity contribution in [3.8, 4) is 16.9 Å². The number of hydrogen-bond acceptors (Lipinski definition) is 4. The Balaban J connectivity index is 1.38. The molecule has 33 heavy (non-hydrogen) atoms. The average Bonchev–Trinajstić information content (AvgIpc) is 2.82. The number of benzene rings is 2. The van der Waals surface area contributed by atoms with Gasteiger partial charge in [-0.05, 0) is 93.0 Å². The van der Waals surface area contributed by atoms with E-state index in [1.807, 2.05) is 31.2 Å². The largest absolute Gasteiger partial charge is 0.427 e. The summed E-state index contributed by atoms with van der Waals surface area (Å²) in [6.45, 7) is 6.76. The molecule has 1 aliphatic carbocycles. The van der Waals surface area contributed by atoms with E-state index in [0.29, 0.717) is 41.4 Å². The van der Waals surface area contributed by atoms with Crippen molar-refractivity contribution in [1.82, 2.24) is 0 Å². The normalized spacial score (nSPS) is 25.6. The van der Waals surface area contributed by atoms with Gasteiger partial charge in [0, 0.05) is 19.1 Å². The van der Waals surface area contributed by atoms with Crippen molar-refractivity contribution in [3.63, 3.8) is 0 Å². The number of esters is 1. The summed E-state index contributed by atoms with van der Waals surface area (Å²) < 4.78 is 32.5. The molecular weight excluding hydrogens is 419 g/mol. The Labute approximate surface area is 196 Å². The minimum Gasteiger partial charge on any atom is -0.427 e. The Morgan fingerprint density at radius 3 is 2.30 bits per heavy atom.